The highest BCUT2D eigenvalue weighted by Crippen LogP contribution is 2.48. The van der Waals surface area contributed by atoms with Gasteiger partial charge in [-0.2, -0.15) is 0 Å². The first-order valence-electron chi connectivity index (χ1n) is 10.3. The van der Waals surface area contributed by atoms with Gasteiger partial charge in [-0.3, -0.25) is 30.0 Å². The molecule has 4 atom stereocenters. The van der Waals surface area contributed by atoms with E-state index >= 15 is 0 Å². The van der Waals surface area contributed by atoms with Crippen molar-refractivity contribution in [3.8, 4) is 0 Å². The molecule has 2 aromatic rings. The summed E-state index contributed by atoms with van der Waals surface area (Å²) in [6.07, 6.45) is 4.36. The second-order valence-corrected chi connectivity index (χ2v) is 8.18. The number of aliphatic carboxylic acids is 1. The van der Waals surface area contributed by atoms with Gasteiger partial charge in [-0.1, -0.05) is 29.8 Å². The smallest absolute Gasteiger partial charge is 0.307 e. The van der Waals surface area contributed by atoms with E-state index < -0.39 is 29.6 Å². The maximum absolute atomic E-state index is 12.5. The highest BCUT2D eigenvalue weighted by atomic mass is 16.4. The normalized spacial score (nSPS) is 22.9. The van der Waals surface area contributed by atoms with Crippen LogP contribution in [0.15, 0.2) is 60.7 Å². The highest BCUT2D eigenvalue weighted by Gasteiger charge is 2.51. The number of rotatable bonds is 5. The minimum absolute atomic E-state index is 0.130. The second-order valence-electron chi connectivity index (χ2n) is 8.18. The number of benzene rings is 2. The summed E-state index contributed by atoms with van der Waals surface area (Å²) in [5.41, 5.74) is 7.01. The molecule has 2 aliphatic rings. The van der Waals surface area contributed by atoms with Gasteiger partial charge in [0.1, 0.15) is 0 Å². The standard InChI is InChI=1S/C24H23N3O5/c1-13-3-2-4-17(11-13)21(28)25-18-9-7-14(8-10-18)22(29)26-27-23(30)19-15-5-6-16(12-15)20(19)24(31)32/h2-11,15-16,19-20H,12H2,1H3,(H,25,28)(H,26,29)(H,27,30)(H,31,32)/t15-,16-,19+,20+/m0/s1. The van der Waals surface area contributed by atoms with Gasteiger partial charge in [-0.05, 0) is 61.6 Å². The lowest BCUT2D eigenvalue weighted by Crippen LogP contribution is -2.48. The fourth-order valence-corrected chi connectivity index (χ4v) is 4.48. The van der Waals surface area contributed by atoms with Crippen LogP contribution in [0.25, 0.3) is 0 Å². The molecule has 0 unspecified atom stereocenters. The molecule has 0 heterocycles. The van der Waals surface area contributed by atoms with Gasteiger partial charge in [0.15, 0.2) is 0 Å². The summed E-state index contributed by atoms with van der Waals surface area (Å²) in [7, 11) is 0. The molecular formula is C24H23N3O5. The SMILES string of the molecule is Cc1cccc(C(=O)Nc2ccc(C(=O)NNC(=O)[C@H]3[C@H](C(=O)O)[C@H]4C=C[C@H]3C4)cc2)c1. The van der Waals surface area contributed by atoms with Gasteiger partial charge in [-0.15, -0.1) is 0 Å². The first kappa shape index (κ1) is 21.3. The topological polar surface area (TPSA) is 125 Å². The zero-order valence-electron chi connectivity index (χ0n) is 17.4. The molecule has 4 N–H and O–H groups in total. The Kier molecular flexibility index (Phi) is 5.77. The van der Waals surface area contributed by atoms with Crippen LogP contribution >= 0.6 is 0 Å². The Balaban J connectivity index is 1.33. The van der Waals surface area contributed by atoms with Gasteiger partial charge in [0.25, 0.3) is 11.8 Å². The average Bonchev–Trinajstić information content (AvgIpc) is 3.39. The predicted molar refractivity (Wildman–Crippen MR) is 117 cm³/mol. The van der Waals surface area contributed by atoms with Crippen molar-refractivity contribution in [1.82, 2.24) is 10.9 Å². The van der Waals surface area contributed by atoms with E-state index in [1.165, 1.54) is 12.1 Å². The van der Waals surface area contributed by atoms with Crippen LogP contribution < -0.4 is 16.2 Å². The summed E-state index contributed by atoms with van der Waals surface area (Å²) in [5.74, 6) is -4.08. The summed E-state index contributed by atoms with van der Waals surface area (Å²) >= 11 is 0. The minimum Gasteiger partial charge on any atom is -0.481 e. The number of carbonyl (C=O) groups excluding carboxylic acids is 3. The fraction of sp³-hybridized carbons (Fsp3) is 0.250. The Hall–Kier alpha value is -3.94. The van der Waals surface area contributed by atoms with Crippen LogP contribution in [-0.2, 0) is 9.59 Å². The lowest BCUT2D eigenvalue weighted by molar-refractivity contribution is -0.148. The molecule has 0 aromatic heterocycles. The Morgan fingerprint density at radius 2 is 1.53 bits per heavy atom. The largest absolute Gasteiger partial charge is 0.481 e. The number of carboxylic acid groups (broad SMARTS) is 1. The molecule has 1 fully saturated rings. The van der Waals surface area contributed by atoms with Crippen molar-refractivity contribution < 1.29 is 24.3 Å². The molecule has 8 nitrogen and oxygen atoms in total. The van der Waals surface area contributed by atoms with E-state index in [1.807, 2.05) is 25.1 Å². The lowest BCUT2D eigenvalue weighted by atomic mass is 9.82. The Morgan fingerprint density at radius 3 is 2.19 bits per heavy atom. The van der Waals surface area contributed by atoms with E-state index in [1.54, 1.807) is 30.3 Å². The number of anilines is 1. The van der Waals surface area contributed by atoms with Crippen LogP contribution in [0.2, 0.25) is 0 Å². The van der Waals surface area contributed by atoms with Crippen LogP contribution in [0.1, 0.15) is 32.7 Å². The number of fused-ring (bicyclic) bond motifs is 2. The van der Waals surface area contributed by atoms with Gasteiger partial charge in [-0.25, -0.2) is 0 Å². The van der Waals surface area contributed by atoms with Crippen molar-refractivity contribution in [1.29, 1.82) is 0 Å². The summed E-state index contributed by atoms with van der Waals surface area (Å²) < 4.78 is 0. The molecule has 8 heteroatoms. The molecule has 2 aliphatic carbocycles. The van der Waals surface area contributed by atoms with Crippen molar-refractivity contribution in [2.24, 2.45) is 23.7 Å². The van der Waals surface area contributed by atoms with Crippen LogP contribution in [0.4, 0.5) is 5.69 Å². The third-order valence-electron chi connectivity index (χ3n) is 6.03. The van der Waals surface area contributed by atoms with Crippen LogP contribution in [-0.4, -0.2) is 28.8 Å². The van der Waals surface area contributed by atoms with Crippen molar-refractivity contribution >= 4 is 29.4 Å². The molecule has 3 amide bonds. The summed E-state index contributed by atoms with van der Waals surface area (Å²) in [5, 5.41) is 12.2. The van der Waals surface area contributed by atoms with Gasteiger partial charge >= 0.3 is 5.97 Å². The Bertz CT molecular complexity index is 1110. The summed E-state index contributed by atoms with van der Waals surface area (Å²) in [4.78, 5) is 48.8. The number of aryl methyl sites for hydroxylation is 1. The number of amides is 3. The molecule has 2 bridgehead atoms. The number of hydrazine groups is 1. The maximum atomic E-state index is 12.5. The lowest BCUT2D eigenvalue weighted by Gasteiger charge is -2.23. The van der Waals surface area contributed by atoms with E-state index in [0.29, 0.717) is 17.7 Å². The monoisotopic (exact) mass is 433 g/mol. The zero-order chi connectivity index (χ0) is 22.8. The number of allylic oxidation sites excluding steroid dienone is 2. The Labute approximate surface area is 184 Å². The summed E-state index contributed by atoms with van der Waals surface area (Å²) in [6.45, 7) is 1.90. The second kappa shape index (κ2) is 8.66. The molecule has 32 heavy (non-hydrogen) atoms. The van der Waals surface area contributed by atoms with Crippen LogP contribution in [0.5, 0.6) is 0 Å². The molecule has 0 saturated heterocycles. The molecular weight excluding hydrogens is 410 g/mol. The molecule has 0 radical (unpaired) electrons. The predicted octanol–water partition coefficient (Wildman–Crippen LogP) is 2.53. The summed E-state index contributed by atoms with van der Waals surface area (Å²) in [6, 6.07) is 13.4. The number of hydrogen-bond donors (Lipinski definition) is 4. The average molecular weight is 433 g/mol. The number of nitrogens with one attached hydrogen (secondary N) is 3. The van der Waals surface area contributed by atoms with E-state index in [4.69, 9.17) is 0 Å². The van der Waals surface area contributed by atoms with E-state index in [0.717, 1.165) is 5.56 Å². The van der Waals surface area contributed by atoms with Crippen molar-refractivity contribution in [3.63, 3.8) is 0 Å². The van der Waals surface area contributed by atoms with Crippen molar-refractivity contribution in [2.45, 2.75) is 13.3 Å². The molecule has 0 spiro atoms. The van der Waals surface area contributed by atoms with E-state index in [2.05, 4.69) is 16.2 Å². The first-order valence-corrected chi connectivity index (χ1v) is 10.3. The number of carboxylic acids is 1. The fourth-order valence-electron chi connectivity index (χ4n) is 4.48. The molecule has 0 aliphatic heterocycles. The molecule has 164 valence electrons. The third-order valence-corrected chi connectivity index (χ3v) is 6.03. The molecule has 1 saturated carbocycles. The van der Waals surface area contributed by atoms with Gasteiger partial charge < -0.3 is 10.4 Å². The maximum Gasteiger partial charge on any atom is 0.307 e. The molecule has 4 rings (SSSR count). The van der Waals surface area contributed by atoms with E-state index in [9.17, 15) is 24.3 Å². The molecule has 2 aromatic carbocycles. The van der Waals surface area contributed by atoms with Crippen molar-refractivity contribution in [2.75, 3.05) is 5.32 Å². The third kappa shape index (κ3) is 4.25. The van der Waals surface area contributed by atoms with Crippen LogP contribution in [0.3, 0.4) is 0 Å². The minimum atomic E-state index is -1.00. The number of hydrogen-bond acceptors (Lipinski definition) is 4. The van der Waals surface area contributed by atoms with Crippen molar-refractivity contribution in [3.05, 3.63) is 77.4 Å². The Morgan fingerprint density at radius 1 is 0.844 bits per heavy atom. The van der Waals surface area contributed by atoms with Gasteiger partial charge in [0.2, 0.25) is 5.91 Å². The zero-order valence-corrected chi connectivity index (χ0v) is 17.4. The quantitative estimate of drug-likeness (QED) is 0.426. The highest BCUT2D eigenvalue weighted by molar-refractivity contribution is 6.04. The first-order chi connectivity index (χ1) is 15.3. The van der Waals surface area contributed by atoms with Crippen LogP contribution in [0, 0.1) is 30.6 Å². The van der Waals surface area contributed by atoms with Gasteiger partial charge in [0.05, 0.1) is 11.8 Å². The van der Waals surface area contributed by atoms with E-state index in [-0.39, 0.29) is 23.3 Å². The number of carbonyl (C=O) groups is 4. The van der Waals surface area contributed by atoms with Gasteiger partial charge in [0, 0.05) is 16.8 Å².